The van der Waals surface area contributed by atoms with Gasteiger partial charge in [-0.25, -0.2) is 0 Å². The Morgan fingerprint density at radius 1 is 1.08 bits per heavy atom. The molecule has 0 amide bonds. The zero-order chi connectivity index (χ0) is 17.6. The van der Waals surface area contributed by atoms with Crippen molar-refractivity contribution in [2.24, 2.45) is 10.9 Å². The van der Waals surface area contributed by atoms with E-state index in [0.29, 0.717) is 0 Å². The molecule has 0 unspecified atom stereocenters. The third-order valence-electron chi connectivity index (χ3n) is 4.95. The summed E-state index contributed by atoms with van der Waals surface area (Å²) >= 11 is 0. The van der Waals surface area contributed by atoms with E-state index in [1.54, 1.807) is 0 Å². The summed E-state index contributed by atoms with van der Waals surface area (Å²) in [5, 5.41) is 3.43. The Morgan fingerprint density at radius 2 is 1.76 bits per heavy atom. The molecule has 6 heteroatoms. The number of ether oxygens (including phenoxy) is 1. The van der Waals surface area contributed by atoms with Crippen LogP contribution in [0, 0.1) is 5.92 Å². The average molecular weight is 468 g/mol. The van der Waals surface area contributed by atoms with Crippen LogP contribution in [0.4, 0.5) is 0 Å². The molecule has 0 saturated carbocycles. The maximum Gasteiger partial charge on any atom is 0.193 e. The number of hydrogen-bond acceptors (Lipinski definition) is 3. The van der Waals surface area contributed by atoms with Gasteiger partial charge in [-0.05, 0) is 64.6 Å². The van der Waals surface area contributed by atoms with Crippen LogP contribution in [0.3, 0.4) is 0 Å². The average Bonchev–Trinajstić information content (AvgIpc) is 2.62. The molecule has 1 N–H and O–H groups in total. The summed E-state index contributed by atoms with van der Waals surface area (Å²) in [5.41, 5.74) is 0. The maximum atomic E-state index is 5.45. The van der Waals surface area contributed by atoms with Crippen LogP contribution < -0.4 is 5.32 Å². The van der Waals surface area contributed by atoms with Crippen LogP contribution in [0.25, 0.3) is 0 Å². The molecule has 150 valence electrons. The Hall–Kier alpha value is -0.0800. The van der Waals surface area contributed by atoms with E-state index in [0.717, 1.165) is 57.8 Å². The van der Waals surface area contributed by atoms with Gasteiger partial charge in [0.1, 0.15) is 0 Å². The summed E-state index contributed by atoms with van der Waals surface area (Å²) in [6.45, 7) is 14.9. The van der Waals surface area contributed by atoms with Crippen LogP contribution >= 0.6 is 24.0 Å². The topological polar surface area (TPSA) is 40.1 Å². The summed E-state index contributed by atoms with van der Waals surface area (Å²) in [7, 11) is 2.16. The SMILES string of the molecule is CCNC(=NCCCCN(CC)CC)N(C)CCC1CCOCC1.I. The summed E-state index contributed by atoms with van der Waals surface area (Å²) in [4.78, 5) is 9.59. The molecule has 0 bridgehead atoms. The molecule has 0 aliphatic carbocycles. The van der Waals surface area contributed by atoms with Gasteiger partial charge >= 0.3 is 0 Å². The molecule has 1 aliphatic rings. The van der Waals surface area contributed by atoms with E-state index >= 15 is 0 Å². The molecule has 0 radical (unpaired) electrons. The lowest BCUT2D eigenvalue weighted by atomic mass is 9.96. The first kappa shape index (κ1) is 24.9. The molecule has 5 nitrogen and oxygen atoms in total. The van der Waals surface area contributed by atoms with E-state index in [-0.39, 0.29) is 24.0 Å². The fourth-order valence-electron chi connectivity index (χ4n) is 3.16. The third-order valence-corrected chi connectivity index (χ3v) is 4.95. The number of rotatable bonds is 11. The highest BCUT2D eigenvalue weighted by atomic mass is 127. The lowest BCUT2D eigenvalue weighted by Gasteiger charge is -2.27. The lowest BCUT2D eigenvalue weighted by Crippen LogP contribution is -2.40. The van der Waals surface area contributed by atoms with Gasteiger partial charge in [0, 0.05) is 39.9 Å². The standard InChI is InChI=1S/C19H40N4O.HI/c1-5-20-19(21-13-8-9-14-23(6-2)7-3)22(4)15-10-18-11-16-24-17-12-18;/h18H,5-17H2,1-4H3,(H,20,21);1H. The Bertz CT molecular complexity index is 331. The molecule has 1 fully saturated rings. The first-order valence-electron chi connectivity index (χ1n) is 10.0. The van der Waals surface area contributed by atoms with Gasteiger partial charge in [-0.15, -0.1) is 24.0 Å². The Morgan fingerprint density at radius 3 is 2.36 bits per heavy atom. The van der Waals surface area contributed by atoms with Crippen LogP contribution in [0.5, 0.6) is 0 Å². The van der Waals surface area contributed by atoms with E-state index in [2.05, 4.69) is 42.9 Å². The first-order valence-corrected chi connectivity index (χ1v) is 10.0. The Kier molecular flexibility index (Phi) is 16.1. The molecule has 0 aromatic rings. The van der Waals surface area contributed by atoms with Crippen molar-refractivity contribution in [3.63, 3.8) is 0 Å². The predicted octanol–water partition coefficient (Wildman–Crippen LogP) is 3.44. The van der Waals surface area contributed by atoms with Crippen LogP contribution in [-0.2, 0) is 4.74 Å². The largest absolute Gasteiger partial charge is 0.381 e. The fraction of sp³-hybridized carbons (Fsp3) is 0.947. The van der Waals surface area contributed by atoms with Gasteiger partial charge in [0.15, 0.2) is 5.96 Å². The fourth-order valence-corrected chi connectivity index (χ4v) is 3.16. The van der Waals surface area contributed by atoms with Crippen LogP contribution in [0.1, 0.15) is 52.9 Å². The van der Waals surface area contributed by atoms with Gasteiger partial charge in [-0.2, -0.15) is 0 Å². The summed E-state index contributed by atoms with van der Waals surface area (Å²) < 4.78 is 5.45. The highest BCUT2D eigenvalue weighted by Crippen LogP contribution is 2.18. The summed E-state index contributed by atoms with van der Waals surface area (Å²) in [6, 6.07) is 0. The van der Waals surface area contributed by atoms with Crippen molar-refractivity contribution in [2.45, 2.75) is 52.9 Å². The Labute approximate surface area is 173 Å². The van der Waals surface area contributed by atoms with Gasteiger partial charge in [0.2, 0.25) is 0 Å². The van der Waals surface area contributed by atoms with Crippen molar-refractivity contribution in [1.29, 1.82) is 0 Å². The van der Waals surface area contributed by atoms with E-state index in [4.69, 9.17) is 9.73 Å². The molecule has 0 atom stereocenters. The second kappa shape index (κ2) is 16.1. The van der Waals surface area contributed by atoms with Crippen molar-refractivity contribution in [3.8, 4) is 0 Å². The van der Waals surface area contributed by atoms with E-state index in [9.17, 15) is 0 Å². The second-order valence-corrected chi connectivity index (χ2v) is 6.74. The van der Waals surface area contributed by atoms with Gasteiger partial charge in [0.05, 0.1) is 0 Å². The summed E-state index contributed by atoms with van der Waals surface area (Å²) in [6.07, 6.45) is 6.07. The maximum absolute atomic E-state index is 5.45. The smallest absolute Gasteiger partial charge is 0.193 e. The number of nitrogens with one attached hydrogen (secondary N) is 1. The minimum absolute atomic E-state index is 0. The zero-order valence-electron chi connectivity index (χ0n) is 16.9. The predicted molar refractivity (Wildman–Crippen MR) is 119 cm³/mol. The summed E-state index contributed by atoms with van der Waals surface area (Å²) in [5.74, 6) is 1.88. The molecule has 1 aliphatic heterocycles. The molecule has 1 saturated heterocycles. The van der Waals surface area contributed by atoms with Gasteiger partial charge in [0.25, 0.3) is 0 Å². The van der Waals surface area contributed by atoms with Crippen LogP contribution in [-0.4, -0.2) is 75.3 Å². The lowest BCUT2D eigenvalue weighted by molar-refractivity contribution is 0.0625. The van der Waals surface area contributed by atoms with Crippen LogP contribution in [0.15, 0.2) is 4.99 Å². The van der Waals surface area contributed by atoms with E-state index in [1.165, 1.54) is 38.6 Å². The number of hydrogen-bond donors (Lipinski definition) is 1. The minimum Gasteiger partial charge on any atom is -0.381 e. The zero-order valence-corrected chi connectivity index (χ0v) is 19.3. The molecular weight excluding hydrogens is 427 g/mol. The van der Waals surface area contributed by atoms with Crippen LogP contribution in [0.2, 0.25) is 0 Å². The van der Waals surface area contributed by atoms with Crippen molar-refractivity contribution < 1.29 is 4.74 Å². The minimum atomic E-state index is 0. The van der Waals surface area contributed by atoms with Gasteiger partial charge in [-0.1, -0.05) is 13.8 Å². The number of aliphatic imine (C=N–C) groups is 1. The van der Waals surface area contributed by atoms with Crippen molar-refractivity contribution in [1.82, 2.24) is 15.1 Å². The molecular formula is C19H41IN4O. The molecule has 1 heterocycles. The highest BCUT2D eigenvalue weighted by Gasteiger charge is 2.15. The second-order valence-electron chi connectivity index (χ2n) is 6.74. The number of unbranched alkanes of at least 4 members (excludes halogenated alkanes) is 1. The number of halogens is 1. The van der Waals surface area contributed by atoms with Crippen molar-refractivity contribution in [3.05, 3.63) is 0 Å². The quantitative estimate of drug-likeness (QED) is 0.218. The molecule has 25 heavy (non-hydrogen) atoms. The normalized spacial score (nSPS) is 16.0. The first-order chi connectivity index (χ1) is 11.7. The van der Waals surface area contributed by atoms with Crippen molar-refractivity contribution >= 4 is 29.9 Å². The monoisotopic (exact) mass is 468 g/mol. The van der Waals surface area contributed by atoms with E-state index in [1.807, 2.05) is 0 Å². The molecule has 0 spiro atoms. The number of guanidine groups is 1. The molecule has 1 rings (SSSR count). The third kappa shape index (κ3) is 11.3. The van der Waals surface area contributed by atoms with Gasteiger partial charge < -0.3 is 19.9 Å². The van der Waals surface area contributed by atoms with E-state index < -0.39 is 0 Å². The molecule has 0 aromatic heterocycles. The number of nitrogens with zero attached hydrogens (tertiary/aromatic N) is 3. The molecule has 0 aromatic carbocycles. The van der Waals surface area contributed by atoms with Crippen molar-refractivity contribution in [2.75, 3.05) is 59.5 Å². The van der Waals surface area contributed by atoms with Gasteiger partial charge in [-0.3, -0.25) is 4.99 Å². The highest BCUT2D eigenvalue weighted by molar-refractivity contribution is 14.0. The Balaban J connectivity index is 0.00000576.